The first-order chi connectivity index (χ1) is 31.6. The van der Waals surface area contributed by atoms with Crippen LogP contribution in [0.3, 0.4) is 0 Å². The summed E-state index contributed by atoms with van der Waals surface area (Å²) in [6, 6.07) is 0. The Kier molecular flexibility index (Phi) is 16.6. The lowest BCUT2D eigenvalue weighted by molar-refractivity contribution is -0.367. The Labute approximate surface area is 393 Å². The molecular formula is C48H79NO18. The van der Waals surface area contributed by atoms with Gasteiger partial charge in [-0.3, -0.25) is 4.79 Å². The number of carboxylic acid groups (broad SMARTS) is 1. The molecule has 23 atom stereocenters. The number of rotatable bonds is 16. The van der Waals surface area contributed by atoms with E-state index < -0.39 is 123 Å². The third-order valence-electron chi connectivity index (χ3n) is 17.4. The molecule has 0 spiro atoms. The van der Waals surface area contributed by atoms with E-state index in [0.29, 0.717) is 23.7 Å². The molecule has 3 saturated carbocycles. The number of aliphatic hydroxyl groups is 9. The molecule has 0 aromatic carbocycles. The van der Waals surface area contributed by atoms with E-state index in [9.17, 15) is 60.7 Å². The zero-order chi connectivity index (χ0) is 48.9. The second-order valence-corrected chi connectivity index (χ2v) is 22.0. The van der Waals surface area contributed by atoms with Crippen molar-refractivity contribution in [1.29, 1.82) is 0 Å². The van der Waals surface area contributed by atoms with E-state index in [4.69, 9.17) is 28.4 Å². The molecule has 6 fully saturated rings. The Morgan fingerprint density at radius 2 is 1.54 bits per heavy atom. The van der Waals surface area contributed by atoms with Gasteiger partial charge in [0, 0.05) is 13.3 Å². The second kappa shape index (κ2) is 21.0. The van der Waals surface area contributed by atoms with Gasteiger partial charge in [-0.25, -0.2) is 4.79 Å². The molecule has 19 heteroatoms. The largest absolute Gasteiger partial charge is 0.479 e. The van der Waals surface area contributed by atoms with Gasteiger partial charge in [0.1, 0.15) is 61.0 Å². The number of carbonyl (C=O) groups excluding carboxylic acids is 1. The molecule has 1 amide bonds. The lowest BCUT2D eigenvalue weighted by Crippen LogP contribution is -2.72. The number of hydrogen-bond acceptors (Lipinski definition) is 17. The van der Waals surface area contributed by atoms with E-state index in [2.05, 4.69) is 40.7 Å². The first-order valence-corrected chi connectivity index (χ1v) is 24.7. The minimum atomic E-state index is -2.64. The fourth-order valence-electron chi connectivity index (χ4n) is 13.7. The van der Waals surface area contributed by atoms with Crippen molar-refractivity contribution < 1.29 is 89.1 Å². The summed E-state index contributed by atoms with van der Waals surface area (Å²) in [4.78, 5) is 23.4. The molecular weight excluding hydrogens is 879 g/mol. The van der Waals surface area contributed by atoms with Crippen LogP contribution < -0.4 is 5.32 Å². The summed E-state index contributed by atoms with van der Waals surface area (Å²) < 4.78 is 34.9. The van der Waals surface area contributed by atoms with Crippen molar-refractivity contribution in [3.8, 4) is 0 Å². The molecule has 0 aromatic rings. The van der Waals surface area contributed by atoms with Gasteiger partial charge < -0.3 is 84.8 Å². The molecule has 4 aliphatic carbocycles. The second-order valence-electron chi connectivity index (χ2n) is 22.0. The minimum absolute atomic E-state index is 0.0431. The van der Waals surface area contributed by atoms with Gasteiger partial charge in [0.25, 0.3) is 0 Å². The summed E-state index contributed by atoms with van der Waals surface area (Å²) in [6.45, 7) is 11.8. The number of amides is 1. The number of ether oxygens (including phenoxy) is 6. The van der Waals surface area contributed by atoms with Crippen molar-refractivity contribution in [2.45, 2.75) is 216 Å². The van der Waals surface area contributed by atoms with Gasteiger partial charge in [0.2, 0.25) is 17.7 Å². The van der Waals surface area contributed by atoms with Crippen molar-refractivity contribution in [3.63, 3.8) is 0 Å². The summed E-state index contributed by atoms with van der Waals surface area (Å²) in [5, 5.41) is 109. The molecule has 0 radical (unpaired) electrons. The van der Waals surface area contributed by atoms with Crippen molar-refractivity contribution in [3.05, 3.63) is 11.6 Å². The third-order valence-corrected chi connectivity index (χ3v) is 17.4. The lowest BCUT2D eigenvalue weighted by atomic mass is 9.47. The SMILES string of the molecule is CC(=O)N[C@]1([C@H](O)C(=O)O)O[C@@H](O)[C@H](OC[C@H]2O[C@@H](O[C@@H]3[C@H](O)[C@@H](O)[C@H](O[C@H]4CC[C@@]5(C)C(=CC[C@H]6[C@@H]7CC[C@H]([C@H](C)CCCC(C)C)[C@@]7(C)CC[C@@H]65)C4)O[C@@H]3CO)[C@H](O)[C@@H](O)[C@H]2O)C[C@H]1O. The van der Waals surface area contributed by atoms with Gasteiger partial charge in [-0.1, -0.05) is 65.5 Å². The molecule has 19 nitrogen and oxygen atoms in total. The minimum Gasteiger partial charge on any atom is -0.479 e. The van der Waals surface area contributed by atoms with Crippen LogP contribution in [-0.2, 0) is 38.0 Å². The highest BCUT2D eigenvalue weighted by molar-refractivity contribution is 5.78. The van der Waals surface area contributed by atoms with E-state index in [1.165, 1.54) is 50.5 Å². The lowest BCUT2D eigenvalue weighted by Gasteiger charge is -2.58. The van der Waals surface area contributed by atoms with Crippen LogP contribution in [0.25, 0.3) is 0 Å². The molecule has 67 heavy (non-hydrogen) atoms. The molecule has 0 unspecified atom stereocenters. The summed E-state index contributed by atoms with van der Waals surface area (Å²) in [5.74, 6) is 1.49. The van der Waals surface area contributed by atoms with Crippen molar-refractivity contribution in [2.24, 2.45) is 46.3 Å². The first-order valence-electron chi connectivity index (χ1n) is 24.7. The molecule has 0 bridgehead atoms. The molecule has 7 rings (SSSR count). The number of allylic oxidation sites excluding steroid dienone is 1. The van der Waals surface area contributed by atoms with Gasteiger partial charge in [-0.2, -0.15) is 0 Å². The Morgan fingerprint density at radius 1 is 0.851 bits per heavy atom. The Balaban J connectivity index is 0.942. The number of aliphatic hydroxyl groups excluding tert-OH is 9. The zero-order valence-electron chi connectivity index (χ0n) is 39.8. The quantitative estimate of drug-likeness (QED) is 0.0954. The van der Waals surface area contributed by atoms with Gasteiger partial charge in [-0.15, -0.1) is 0 Å². The summed E-state index contributed by atoms with van der Waals surface area (Å²) >= 11 is 0. The Bertz CT molecular complexity index is 1740. The monoisotopic (exact) mass is 958 g/mol. The van der Waals surface area contributed by atoms with Crippen LogP contribution in [0.15, 0.2) is 11.6 Å². The predicted octanol–water partition coefficient (Wildman–Crippen LogP) is 0.808. The van der Waals surface area contributed by atoms with Crippen LogP contribution in [0.2, 0.25) is 0 Å². The topological polar surface area (TPSA) is 304 Å². The zero-order valence-corrected chi connectivity index (χ0v) is 39.8. The van der Waals surface area contributed by atoms with Gasteiger partial charge in [0.05, 0.1) is 19.3 Å². The maximum absolute atomic E-state index is 11.8. The summed E-state index contributed by atoms with van der Waals surface area (Å²) in [5.41, 5.74) is -0.849. The maximum atomic E-state index is 11.8. The Morgan fingerprint density at radius 3 is 2.21 bits per heavy atom. The number of carboxylic acids is 1. The number of fused-ring (bicyclic) bond motifs is 5. The third kappa shape index (κ3) is 10.3. The van der Waals surface area contributed by atoms with Crippen molar-refractivity contribution >= 4 is 11.9 Å². The van der Waals surface area contributed by atoms with E-state index in [1.807, 2.05) is 5.32 Å². The smallest absolute Gasteiger partial charge is 0.337 e. The van der Waals surface area contributed by atoms with E-state index >= 15 is 0 Å². The van der Waals surface area contributed by atoms with Crippen LogP contribution in [0, 0.1) is 46.3 Å². The van der Waals surface area contributed by atoms with E-state index in [1.54, 1.807) is 0 Å². The van der Waals surface area contributed by atoms with Crippen LogP contribution >= 0.6 is 0 Å². The van der Waals surface area contributed by atoms with Crippen LogP contribution in [-0.4, -0.2) is 174 Å². The molecule has 0 aromatic heterocycles. The summed E-state index contributed by atoms with van der Waals surface area (Å²) in [7, 11) is 0. The van der Waals surface area contributed by atoms with Crippen LogP contribution in [0.1, 0.15) is 119 Å². The van der Waals surface area contributed by atoms with Crippen LogP contribution in [0.5, 0.6) is 0 Å². The predicted molar refractivity (Wildman–Crippen MR) is 235 cm³/mol. The number of aliphatic carboxylic acids is 1. The average molecular weight is 958 g/mol. The van der Waals surface area contributed by atoms with E-state index in [-0.39, 0.29) is 11.5 Å². The number of carbonyl (C=O) groups is 2. The summed E-state index contributed by atoms with van der Waals surface area (Å²) in [6.07, 6.45) is -10.5. The highest BCUT2D eigenvalue weighted by Crippen LogP contribution is 2.67. The molecule has 384 valence electrons. The van der Waals surface area contributed by atoms with Gasteiger partial charge >= 0.3 is 5.97 Å². The highest BCUT2D eigenvalue weighted by atomic mass is 16.7. The van der Waals surface area contributed by atoms with Crippen molar-refractivity contribution in [1.82, 2.24) is 5.32 Å². The molecule has 7 aliphatic rings. The first kappa shape index (κ1) is 52.9. The number of hydrogen-bond donors (Lipinski definition) is 11. The average Bonchev–Trinajstić information content (AvgIpc) is 3.63. The maximum Gasteiger partial charge on any atom is 0.337 e. The van der Waals surface area contributed by atoms with Gasteiger partial charge in [-0.05, 0) is 97.7 Å². The van der Waals surface area contributed by atoms with Crippen molar-refractivity contribution in [2.75, 3.05) is 13.2 Å². The van der Waals surface area contributed by atoms with Gasteiger partial charge in [0.15, 0.2) is 18.9 Å². The molecule has 11 N–H and O–H groups in total. The number of nitrogens with one attached hydrogen (secondary N) is 1. The fraction of sp³-hybridized carbons (Fsp3) is 0.917. The Hall–Kier alpha value is -1.92. The molecule has 3 saturated heterocycles. The molecule has 3 heterocycles. The fourth-order valence-corrected chi connectivity index (χ4v) is 13.7. The van der Waals surface area contributed by atoms with Crippen LogP contribution in [0.4, 0.5) is 0 Å². The van der Waals surface area contributed by atoms with E-state index in [0.717, 1.165) is 49.9 Å². The standard InChI is InChI=1S/C48H79NO18/c1-22(2)8-7-9-23(3)28-12-13-29-27-11-10-25-18-26(14-16-46(25,5)30(27)15-17-47(28,29)6)63-44-39(57)37(55)40(32(20-50)64-44)66-45-38(56)36(54)35(53)33(65-45)21-62-31-19-34(52)48(49-24(4)51,67-43(31)61)41(58)42(59)60/h10,22-23,26-41,43-45,50,52-58,61H,7-9,11-21H2,1-6H3,(H,49,51)(H,59,60)/t23-,26+,27+,28-,29+,30+,31-,32-,33-,34-,35+,36+,37-,38-,39-,40+,41-,43-,44-,45+,46+,47-,48+/m1/s1. The normalized spacial score (nSPS) is 47.6. The molecule has 3 aliphatic heterocycles. The highest BCUT2D eigenvalue weighted by Gasteiger charge is 2.61.